The molecule has 0 spiro atoms. The van der Waals surface area contributed by atoms with E-state index in [0.29, 0.717) is 11.5 Å². The lowest BCUT2D eigenvalue weighted by molar-refractivity contribution is 1.23. The molecule has 1 heterocycles. The molecule has 0 saturated carbocycles. The lowest BCUT2D eigenvalue weighted by Gasteiger charge is -1.99. The topological polar surface area (TPSA) is 77.8 Å². The number of nitrogens with zero attached hydrogens (tertiary/aromatic N) is 2. The van der Waals surface area contributed by atoms with E-state index in [2.05, 4.69) is 9.97 Å². The maximum atomic E-state index is 5.62. The minimum absolute atomic E-state index is 0.465. The number of aromatic nitrogens is 2. The van der Waals surface area contributed by atoms with E-state index >= 15 is 0 Å². The van der Waals surface area contributed by atoms with Gasteiger partial charge < -0.3 is 11.5 Å². The SMILES string of the molecule is Nc1ccc2ncnc(N)c2c1. The zero-order valence-electron chi connectivity index (χ0n) is 6.36. The Morgan fingerprint density at radius 2 is 1.92 bits per heavy atom. The van der Waals surface area contributed by atoms with Crippen molar-refractivity contribution in [3.63, 3.8) is 0 Å². The predicted octanol–water partition coefficient (Wildman–Crippen LogP) is 0.794. The van der Waals surface area contributed by atoms with E-state index in [9.17, 15) is 0 Å². The first kappa shape index (κ1) is 6.84. The summed E-state index contributed by atoms with van der Waals surface area (Å²) < 4.78 is 0. The Balaban J connectivity index is 2.88. The van der Waals surface area contributed by atoms with Crippen molar-refractivity contribution in [1.82, 2.24) is 9.97 Å². The minimum atomic E-state index is 0.465. The van der Waals surface area contributed by atoms with Crippen LogP contribution >= 0.6 is 0 Å². The van der Waals surface area contributed by atoms with E-state index in [1.165, 1.54) is 6.33 Å². The van der Waals surface area contributed by atoms with E-state index in [1.807, 2.05) is 6.07 Å². The number of fused-ring (bicyclic) bond motifs is 1. The number of nitrogens with two attached hydrogens (primary N) is 2. The van der Waals surface area contributed by atoms with Crippen LogP contribution in [-0.4, -0.2) is 9.97 Å². The number of hydrogen-bond donors (Lipinski definition) is 2. The summed E-state index contributed by atoms with van der Waals surface area (Å²) in [5.74, 6) is 0.465. The van der Waals surface area contributed by atoms with Crippen LogP contribution < -0.4 is 11.5 Å². The van der Waals surface area contributed by atoms with Crippen molar-refractivity contribution in [1.29, 1.82) is 0 Å². The average Bonchev–Trinajstić information content (AvgIpc) is 2.07. The molecule has 60 valence electrons. The fourth-order valence-corrected chi connectivity index (χ4v) is 1.09. The predicted molar refractivity (Wildman–Crippen MR) is 48.4 cm³/mol. The molecule has 0 aliphatic heterocycles. The number of hydrogen-bond acceptors (Lipinski definition) is 4. The molecular weight excluding hydrogens is 152 g/mol. The first-order valence-electron chi connectivity index (χ1n) is 3.53. The monoisotopic (exact) mass is 160 g/mol. The highest BCUT2D eigenvalue weighted by Gasteiger charge is 1.98. The molecule has 0 fully saturated rings. The highest BCUT2D eigenvalue weighted by atomic mass is 14.9. The summed E-state index contributed by atoms with van der Waals surface area (Å²) in [5.41, 5.74) is 12.7. The Labute approximate surface area is 69.2 Å². The molecule has 0 aliphatic carbocycles. The van der Waals surface area contributed by atoms with Crippen LogP contribution in [0.1, 0.15) is 0 Å². The van der Waals surface area contributed by atoms with Crippen molar-refractivity contribution in [2.24, 2.45) is 0 Å². The van der Waals surface area contributed by atoms with Gasteiger partial charge in [0.25, 0.3) is 0 Å². The Bertz CT molecular complexity index is 424. The zero-order chi connectivity index (χ0) is 8.55. The molecule has 0 amide bonds. The van der Waals surface area contributed by atoms with Gasteiger partial charge >= 0.3 is 0 Å². The van der Waals surface area contributed by atoms with E-state index in [0.717, 1.165) is 10.9 Å². The number of nitrogen functional groups attached to an aromatic ring is 2. The molecule has 0 saturated heterocycles. The largest absolute Gasteiger partial charge is 0.399 e. The smallest absolute Gasteiger partial charge is 0.134 e. The third kappa shape index (κ3) is 0.934. The Hall–Kier alpha value is -1.84. The van der Waals surface area contributed by atoms with Crippen molar-refractivity contribution in [3.8, 4) is 0 Å². The maximum Gasteiger partial charge on any atom is 0.134 e. The van der Waals surface area contributed by atoms with Gasteiger partial charge in [0.05, 0.1) is 5.52 Å². The summed E-state index contributed by atoms with van der Waals surface area (Å²) in [5, 5.41) is 0.803. The summed E-state index contributed by atoms with van der Waals surface area (Å²) in [4.78, 5) is 7.90. The Kier molecular flexibility index (Phi) is 1.33. The van der Waals surface area contributed by atoms with Crippen LogP contribution in [-0.2, 0) is 0 Å². The van der Waals surface area contributed by atoms with Gasteiger partial charge in [-0.25, -0.2) is 9.97 Å². The number of anilines is 2. The highest BCUT2D eigenvalue weighted by molar-refractivity contribution is 5.89. The molecule has 0 aliphatic rings. The molecule has 0 radical (unpaired) electrons. The summed E-state index contributed by atoms with van der Waals surface area (Å²) in [6.45, 7) is 0. The molecule has 2 rings (SSSR count). The van der Waals surface area contributed by atoms with Gasteiger partial charge in [-0.05, 0) is 18.2 Å². The number of benzene rings is 1. The normalized spacial score (nSPS) is 10.3. The van der Waals surface area contributed by atoms with E-state index in [-0.39, 0.29) is 0 Å². The van der Waals surface area contributed by atoms with E-state index in [1.54, 1.807) is 12.1 Å². The van der Waals surface area contributed by atoms with Gasteiger partial charge in [-0.2, -0.15) is 0 Å². The van der Waals surface area contributed by atoms with Gasteiger partial charge in [0.15, 0.2) is 0 Å². The molecule has 12 heavy (non-hydrogen) atoms. The molecule has 4 heteroatoms. The van der Waals surface area contributed by atoms with Gasteiger partial charge in [-0.3, -0.25) is 0 Å². The molecule has 0 atom stereocenters. The van der Waals surface area contributed by atoms with E-state index in [4.69, 9.17) is 11.5 Å². The van der Waals surface area contributed by atoms with Crippen molar-refractivity contribution in [3.05, 3.63) is 24.5 Å². The Morgan fingerprint density at radius 3 is 2.75 bits per heavy atom. The lowest BCUT2D eigenvalue weighted by atomic mass is 10.2. The van der Waals surface area contributed by atoms with Crippen molar-refractivity contribution in [2.75, 3.05) is 11.5 Å². The maximum absolute atomic E-state index is 5.62. The lowest BCUT2D eigenvalue weighted by Crippen LogP contribution is -1.94. The van der Waals surface area contributed by atoms with Crippen molar-refractivity contribution >= 4 is 22.4 Å². The minimum Gasteiger partial charge on any atom is -0.399 e. The van der Waals surface area contributed by atoms with Gasteiger partial charge in [-0.15, -0.1) is 0 Å². The van der Waals surface area contributed by atoms with Gasteiger partial charge in [-0.1, -0.05) is 0 Å². The standard InChI is InChI=1S/C8H8N4/c9-5-1-2-7-6(3-5)8(10)12-4-11-7/h1-4H,9H2,(H2,10,11,12). The second kappa shape index (κ2) is 2.34. The molecule has 2 aromatic rings. The van der Waals surface area contributed by atoms with E-state index < -0.39 is 0 Å². The molecule has 4 N–H and O–H groups in total. The second-order valence-electron chi connectivity index (χ2n) is 2.54. The molecule has 1 aromatic carbocycles. The molecule has 0 unspecified atom stereocenters. The van der Waals surface area contributed by atoms with Gasteiger partial charge in [0.2, 0.25) is 0 Å². The van der Waals surface area contributed by atoms with Gasteiger partial charge in [0, 0.05) is 11.1 Å². The third-order valence-corrected chi connectivity index (χ3v) is 1.69. The summed E-state index contributed by atoms with van der Waals surface area (Å²) in [7, 11) is 0. The molecule has 0 bridgehead atoms. The highest BCUT2D eigenvalue weighted by Crippen LogP contribution is 2.18. The first-order valence-corrected chi connectivity index (χ1v) is 3.53. The summed E-state index contributed by atoms with van der Waals surface area (Å²) in [6, 6.07) is 5.38. The van der Waals surface area contributed by atoms with Crippen molar-refractivity contribution < 1.29 is 0 Å². The van der Waals surface area contributed by atoms with Crippen LogP contribution in [0, 0.1) is 0 Å². The quantitative estimate of drug-likeness (QED) is 0.558. The van der Waals surface area contributed by atoms with Crippen molar-refractivity contribution in [2.45, 2.75) is 0 Å². The van der Waals surface area contributed by atoms with Gasteiger partial charge in [0.1, 0.15) is 12.1 Å². The third-order valence-electron chi connectivity index (χ3n) is 1.69. The molecule has 4 nitrogen and oxygen atoms in total. The Morgan fingerprint density at radius 1 is 1.08 bits per heavy atom. The van der Waals surface area contributed by atoms with Crippen LogP contribution in [0.3, 0.4) is 0 Å². The van der Waals surface area contributed by atoms with Crippen LogP contribution in [0.2, 0.25) is 0 Å². The second-order valence-corrected chi connectivity index (χ2v) is 2.54. The average molecular weight is 160 g/mol. The molecular formula is C8H8N4. The molecule has 1 aromatic heterocycles. The number of rotatable bonds is 0. The zero-order valence-corrected chi connectivity index (χ0v) is 6.36. The summed E-state index contributed by atoms with van der Waals surface area (Å²) >= 11 is 0. The fraction of sp³-hybridized carbons (Fsp3) is 0. The van der Waals surface area contributed by atoms with Crippen LogP contribution in [0.5, 0.6) is 0 Å². The summed E-state index contributed by atoms with van der Waals surface area (Å²) in [6.07, 6.45) is 1.44. The first-order chi connectivity index (χ1) is 5.77. The fourth-order valence-electron chi connectivity index (χ4n) is 1.09. The van der Waals surface area contributed by atoms with Crippen LogP contribution in [0.25, 0.3) is 10.9 Å². The van der Waals surface area contributed by atoms with Crippen LogP contribution in [0.4, 0.5) is 11.5 Å². The van der Waals surface area contributed by atoms with Crippen LogP contribution in [0.15, 0.2) is 24.5 Å².